The van der Waals surface area contributed by atoms with Crippen molar-refractivity contribution >= 4 is 5.91 Å². The predicted octanol–water partition coefficient (Wildman–Crippen LogP) is 3.90. The highest BCUT2D eigenvalue weighted by Gasteiger charge is 2.38. The lowest BCUT2D eigenvalue weighted by atomic mass is 9.84. The molecular weight excluding hydrogens is 463 g/mol. The highest BCUT2D eigenvalue weighted by Crippen LogP contribution is 2.40. The molecule has 10 heteroatoms. The van der Waals surface area contributed by atoms with Crippen molar-refractivity contribution in [1.82, 2.24) is 15.1 Å². The second-order valence-corrected chi connectivity index (χ2v) is 9.76. The SMILES string of the molecule is CC1(NC(=O)[C@@H]2CCc3c(-c4cc(OC(F)F)ccc4F)nn([C@H]4CCC[C@@H]4O)c3C2)C=COC1. The van der Waals surface area contributed by atoms with Crippen LogP contribution in [0.4, 0.5) is 13.2 Å². The first-order chi connectivity index (χ1) is 16.7. The fourth-order valence-electron chi connectivity index (χ4n) is 5.35. The first kappa shape index (κ1) is 23.7. The summed E-state index contributed by atoms with van der Waals surface area (Å²) in [5.41, 5.74) is 1.39. The zero-order chi connectivity index (χ0) is 24.7. The zero-order valence-electron chi connectivity index (χ0n) is 19.3. The lowest BCUT2D eigenvalue weighted by Crippen LogP contribution is -2.49. The Morgan fingerprint density at radius 3 is 2.86 bits per heavy atom. The summed E-state index contributed by atoms with van der Waals surface area (Å²) in [5.74, 6) is -1.19. The maximum absolute atomic E-state index is 14.9. The van der Waals surface area contributed by atoms with Crippen molar-refractivity contribution in [3.8, 4) is 17.0 Å². The molecule has 2 aromatic rings. The van der Waals surface area contributed by atoms with Crippen molar-refractivity contribution in [3.05, 3.63) is 47.6 Å². The number of nitrogens with one attached hydrogen (secondary N) is 1. The van der Waals surface area contributed by atoms with Gasteiger partial charge in [-0.05, 0) is 63.3 Å². The third-order valence-corrected chi connectivity index (χ3v) is 7.17. The molecular formula is C25H28F3N3O4. The van der Waals surface area contributed by atoms with E-state index in [0.29, 0.717) is 44.4 Å². The molecule has 2 heterocycles. The van der Waals surface area contributed by atoms with Gasteiger partial charge in [0, 0.05) is 29.2 Å². The van der Waals surface area contributed by atoms with Crippen LogP contribution in [0.2, 0.25) is 0 Å². The molecule has 0 saturated heterocycles. The molecule has 1 fully saturated rings. The van der Waals surface area contributed by atoms with E-state index >= 15 is 0 Å². The number of fused-ring (bicyclic) bond motifs is 1. The molecule has 0 bridgehead atoms. The van der Waals surface area contributed by atoms with Crippen LogP contribution in [0.3, 0.4) is 0 Å². The second-order valence-electron chi connectivity index (χ2n) is 9.76. The van der Waals surface area contributed by atoms with Crippen LogP contribution in [-0.4, -0.2) is 45.7 Å². The summed E-state index contributed by atoms with van der Waals surface area (Å²) < 4.78 is 51.9. The van der Waals surface area contributed by atoms with Crippen molar-refractivity contribution in [2.24, 2.45) is 5.92 Å². The van der Waals surface area contributed by atoms with Gasteiger partial charge in [0.15, 0.2) is 0 Å². The Bertz CT molecular complexity index is 1150. The molecule has 188 valence electrons. The number of alkyl halides is 2. The van der Waals surface area contributed by atoms with Crippen molar-refractivity contribution in [2.75, 3.05) is 6.61 Å². The number of aliphatic hydroxyl groups is 1. The number of amides is 1. The van der Waals surface area contributed by atoms with Crippen molar-refractivity contribution in [1.29, 1.82) is 0 Å². The first-order valence-corrected chi connectivity index (χ1v) is 11.9. The number of ether oxygens (including phenoxy) is 2. The summed E-state index contributed by atoms with van der Waals surface area (Å²) in [6.07, 6.45) is 6.34. The fraction of sp³-hybridized carbons (Fsp3) is 0.520. The first-order valence-electron chi connectivity index (χ1n) is 11.9. The summed E-state index contributed by atoms with van der Waals surface area (Å²) in [5, 5.41) is 18.3. The number of carbonyl (C=O) groups is 1. The standard InChI is InChI=1S/C25H28F3N3O4/c1-25(9-10-34-13-25)29-23(33)14-5-7-16-20(11-14)31(19-3-2-4-21(19)32)30-22(16)17-12-15(35-24(27)28)6-8-18(17)26/h6,8-10,12,14,19,21,24,32H,2-5,7,11,13H2,1H3,(H,29,33)/t14-,19+,21+,25?/m1/s1. The fourth-order valence-corrected chi connectivity index (χ4v) is 5.35. The second kappa shape index (κ2) is 9.22. The van der Waals surface area contributed by atoms with E-state index in [2.05, 4.69) is 10.1 Å². The Morgan fingerprint density at radius 2 is 2.17 bits per heavy atom. The molecule has 2 N–H and O–H groups in total. The van der Waals surface area contributed by atoms with Gasteiger partial charge in [-0.1, -0.05) is 0 Å². The Kier molecular flexibility index (Phi) is 6.25. The van der Waals surface area contributed by atoms with Crippen LogP contribution in [0, 0.1) is 11.7 Å². The number of hydrogen-bond acceptors (Lipinski definition) is 5. The van der Waals surface area contributed by atoms with Gasteiger partial charge in [0.1, 0.15) is 18.2 Å². The average Bonchev–Trinajstić information content (AvgIpc) is 3.52. The number of aliphatic hydroxyl groups excluding tert-OH is 1. The Labute approximate surface area is 200 Å². The maximum Gasteiger partial charge on any atom is 0.387 e. The van der Waals surface area contributed by atoms with Crippen LogP contribution in [0.15, 0.2) is 30.5 Å². The molecule has 1 unspecified atom stereocenters. The van der Waals surface area contributed by atoms with Gasteiger partial charge in [0.25, 0.3) is 0 Å². The minimum absolute atomic E-state index is 0.0642. The predicted molar refractivity (Wildman–Crippen MR) is 120 cm³/mol. The molecule has 2 aliphatic carbocycles. The zero-order valence-corrected chi connectivity index (χ0v) is 19.3. The van der Waals surface area contributed by atoms with E-state index in [1.807, 2.05) is 13.0 Å². The van der Waals surface area contributed by atoms with Gasteiger partial charge >= 0.3 is 6.61 Å². The van der Waals surface area contributed by atoms with Gasteiger partial charge in [0.05, 0.1) is 29.6 Å². The minimum Gasteiger partial charge on any atom is -0.499 e. The summed E-state index contributed by atoms with van der Waals surface area (Å²) in [7, 11) is 0. The number of halogens is 3. The molecule has 3 aliphatic rings. The van der Waals surface area contributed by atoms with E-state index < -0.39 is 24.1 Å². The lowest BCUT2D eigenvalue weighted by Gasteiger charge is -2.29. The molecule has 0 radical (unpaired) electrons. The van der Waals surface area contributed by atoms with E-state index in [-0.39, 0.29) is 29.2 Å². The molecule has 1 aliphatic heterocycles. The van der Waals surface area contributed by atoms with E-state index in [1.165, 1.54) is 6.07 Å². The van der Waals surface area contributed by atoms with Gasteiger partial charge < -0.3 is 19.9 Å². The summed E-state index contributed by atoms with van der Waals surface area (Å²) >= 11 is 0. The third-order valence-electron chi connectivity index (χ3n) is 7.17. The molecule has 1 aromatic carbocycles. The smallest absolute Gasteiger partial charge is 0.387 e. The maximum atomic E-state index is 14.9. The van der Waals surface area contributed by atoms with E-state index in [4.69, 9.17) is 9.84 Å². The Morgan fingerprint density at radius 1 is 1.34 bits per heavy atom. The quantitative estimate of drug-likeness (QED) is 0.640. The van der Waals surface area contributed by atoms with Crippen molar-refractivity contribution < 1.29 is 32.5 Å². The van der Waals surface area contributed by atoms with Gasteiger partial charge in [0.2, 0.25) is 5.91 Å². The van der Waals surface area contributed by atoms with E-state index in [0.717, 1.165) is 29.8 Å². The molecule has 1 aromatic heterocycles. The highest BCUT2D eigenvalue weighted by molar-refractivity contribution is 5.81. The summed E-state index contributed by atoms with van der Waals surface area (Å²) in [6.45, 7) is -0.782. The summed E-state index contributed by atoms with van der Waals surface area (Å²) in [6, 6.07) is 3.18. The van der Waals surface area contributed by atoms with Crippen LogP contribution in [0.1, 0.15) is 49.9 Å². The Hall–Kier alpha value is -3.01. The number of carbonyl (C=O) groups excluding carboxylic acids is 1. The number of aromatic nitrogens is 2. The van der Waals surface area contributed by atoms with Crippen LogP contribution in [0.25, 0.3) is 11.3 Å². The van der Waals surface area contributed by atoms with Gasteiger partial charge in [-0.2, -0.15) is 13.9 Å². The van der Waals surface area contributed by atoms with E-state index in [9.17, 15) is 23.1 Å². The largest absolute Gasteiger partial charge is 0.499 e. The van der Waals surface area contributed by atoms with Crippen molar-refractivity contribution in [2.45, 2.75) is 69.7 Å². The van der Waals surface area contributed by atoms with Gasteiger partial charge in [-0.25, -0.2) is 4.39 Å². The molecule has 5 rings (SSSR count). The monoisotopic (exact) mass is 491 g/mol. The van der Waals surface area contributed by atoms with Gasteiger partial charge in [-0.3, -0.25) is 9.48 Å². The number of nitrogens with zero attached hydrogens (tertiary/aromatic N) is 2. The molecule has 1 amide bonds. The normalized spacial score (nSPS) is 27.7. The minimum atomic E-state index is -3.03. The number of benzene rings is 1. The molecule has 4 atom stereocenters. The van der Waals surface area contributed by atoms with Crippen LogP contribution in [-0.2, 0) is 22.4 Å². The molecule has 0 spiro atoms. The molecule has 7 nitrogen and oxygen atoms in total. The number of rotatable bonds is 6. The highest BCUT2D eigenvalue weighted by atomic mass is 19.3. The van der Waals surface area contributed by atoms with Crippen LogP contribution in [0.5, 0.6) is 5.75 Å². The number of hydrogen-bond donors (Lipinski definition) is 2. The Balaban J connectivity index is 1.50. The summed E-state index contributed by atoms with van der Waals surface area (Å²) in [4.78, 5) is 13.1. The van der Waals surface area contributed by atoms with Crippen LogP contribution < -0.4 is 10.1 Å². The van der Waals surface area contributed by atoms with E-state index in [1.54, 1.807) is 10.9 Å². The van der Waals surface area contributed by atoms with Crippen LogP contribution >= 0.6 is 0 Å². The molecule has 35 heavy (non-hydrogen) atoms. The lowest BCUT2D eigenvalue weighted by molar-refractivity contribution is -0.126. The topological polar surface area (TPSA) is 85.6 Å². The van der Waals surface area contributed by atoms with Crippen molar-refractivity contribution in [3.63, 3.8) is 0 Å². The third kappa shape index (κ3) is 4.63. The molecule has 1 saturated carbocycles. The average molecular weight is 492 g/mol. The van der Waals surface area contributed by atoms with Gasteiger partial charge in [-0.15, -0.1) is 0 Å².